The Balaban J connectivity index is 2.23. The second-order valence-corrected chi connectivity index (χ2v) is 2.97. The SMILES string of the molecule is N[C@@H](C[C@@H]1CCCN1)C(=O)O. The molecule has 0 saturated carbocycles. The molecule has 0 aliphatic carbocycles. The smallest absolute Gasteiger partial charge is 0.320 e. The summed E-state index contributed by atoms with van der Waals surface area (Å²) in [4.78, 5) is 10.3. The van der Waals surface area contributed by atoms with E-state index < -0.39 is 12.0 Å². The first-order valence-corrected chi connectivity index (χ1v) is 3.92. The molecule has 1 aliphatic heterocycles. The molecule has 11 heavy (non-hydrogen) atoms. The molecule has 0 aromatic carbocycles. The van der Waals surface area contributed by atoms with Crippen LogP contribution in [0.4, 0.5) is 0 Å². The van der Waals surface area contributed by atoms with Crippen LogP contribution in [0.3, 0.4) is 0 Å². The van der Waals surface area contributed by atoms with Crippen molar-refractivity contribution in [2.45, 2.75) is 31.3 Å². The molecule has 64 valence electrons. The molecule has 4 heteroatoms. The number of hydrogen-bond acceptors (Lipinski definition) is 3. The fourth-order valence-electron chi connectivity index (χ4n) is 1.37. The van der Waals surface area contributed by atoms with E-state index in [4.69, 9.17) is 10.8 Å². The maximum Gasteiger partial charge on any atom is 0.320 e. The number of carbonyl (C=O) groups is 1. The van der Waals surface area contributed by atoms with Crippen LogP contribution in [0, 0.1) is 0 Å². The van der Waals surface area contributed by atoms with Gasteiger partial charge in [-0.3, -0.25) is 4.79 Å². The lowest BCUT2D eigenvalue weighted by Gasteiger charge is -2.12. The highest BCUT2D eigenvalue weighted by Gasteiger charge is 2.20. The maximum absolute atomic E-state index is 10.3. The number of rotatable bonds is 3. The van der Waals surface area contributed by atoms with Gasteiger partial charge in [-0.1, -0.05) is 0 Å². The van der Waals surface area contributed by atoms with Crippen LogP contribution in [0.5, 0.6) is 0 Å². The minimum atomic E-state index is -0.904. The van der Waals surface area contributed by atoms with Crippen LogP contribution in [0.2, 0.25) is 0 Å². The van der Waals surface area contributed by atoms with Crippen LogP contribution in [-0.4, -0.2) is 29.7 Å². The second-order valence-electron chi connectivity index (χ2n) is 2.97. The fraction of sp³-hybridized carbons (Fsp3) is 0.857. The Labute approximate surface area is 65.8 Å². The van der Waals surface area contributed by atoms with E-state index in [0.717, 1.165) is 19.4 Å². The largest absolute Gasteiger partial charge is 0.480 e. The van der Waals surface area contributed by atoms with E-state index in [1.807, 2.05) is 0 Å². The van der Waals surface area contributed by atoms with E-state index in [0.29, 0.717) is 12.5 Å². The first kappa shape index (κ1) is 8.49. The predicted octanol–water partition coefficient (Wildman–Crippen LogP) is -0.460. The van der Waals surface area contributed by atoms with Gasteiger partial charge in [0.25, 0.3) is 0 Å². The Hall–Kier alpha value is -0.610. The Kier molecular flexibility index (Phi) is 2.84. The summed E-state index contributed by atoms with van der Waals surface area (Å²) in [5.41, 5.74) is 5.36. The third kappa shape index (κ3) is 2.48. The number of nitrogens with two attached hydrogens (primary N) is 1. The highest BCUT2D eigenvalue weighted by Crippen LogP contribution is 2.09. The standard InChI is InChI=1S/C7H14N2O2/c8-6(7(10)11)4-5-2-1-3-9-5/h5-6,9H,1-4,8H2,(H,10,11)/t5-,6-/m0/s1. The Bertz CT molecular complexity index is 143. The molecule has 4 N–H and O–H groups in total. The van der Waals surface area contributed by atoms with E-state index in [9.17, 15) is 4.79 Å². The third-order valence-corrected chi connectivity index (χ3v) is 2.02. The van der Waals surface area contributed by atoms with Crippen molar-refractivity contribution >= 4 is 5.97 Å². The minimum absolute atomic E-state index is 0.320. The normalized spacial score (nSPS) is 26.8. The van der Waals surface area contributed by atoms with E-state index in [1.165, 1.54) is 0 Å². The predicted molar refractivity (Wildman–Crippen MR) is 41.3 cm³/mol. The highest BCUT2D eigenvalue weighted by molar-refractivity contribution is 5.73. The zero-order valence-corrected chi connectivity index (χ0v) is 6.42. The van der Waals surface area contributed by atoms with Crippen molar-refractivity contribution in [3.8, 4) is 0 Å². The number of carboxylic acids is 1. The van der Waals surface area contributed by atoms with E-state index in [2.05, 4.69) is 5.32 Å². The van der Waals surface area contributed by atoms with E-state index in [-0.39, 0.29) is 0 Å². The lowest BCUT2D eigenvalue weighted by molar-refractivity contribution is -0.138. The summed E-state index contributed by atoms with van der Waals surface area (Å²) in [6.45, 7) is 0.997. The highest BCUT2D eigenvalue weighted by atomic mass is 16.4. The van der Waals surface area contributed by atoms with Crippen LogP contribution in [-0.2, 0) is 4.79 Å². The molecule has 0 unspecified atom stereocenters. The monoisotopic (exact) mass is 158 g/mol. The Morgan fingerprint density at radius 2 is 2.55 bits per heavy atom. The quantitative estimate of drug-likeness (QED) is 0.519. The van der Waals surface area contributed by atoms with Crippen LogP contribution in [0.15, 0.2) is 0 Å². The molecule has 0 bridgehead atoms. The summed E-state index contributed by atoms with van der Waals surface area (Å²) in [5.74, 6) is -0.904. The first-order chi connectivity index (χ1) is 5.20. The lowest BCUT2D eigenvalue weighted by Crippen LogP contribution is -2.37. The first-order valence-electron chi connectivity index (χ1n) is 3.92. The van der Waals surface area contributed by atoms with Crippen molar-refractivity contribution in [3.63, 3.8) is 0 Å². The second kappa shape index (κ2) is 3.69. The van der Waals surface area contributed by atoms with Crippen molar-refractivity contribution < 1.29 is 9.90 Å². The molecule has 1 saturated heterocycles. The van der Waals surface area contributed by atoms with Gasteiger partial charge in [-0.15, -0.1) is 0 Å². The van der Waals surface area contributed by atoms with Crippen molar-refractivity contribution in [1.82, 2.24) is 5.32 Å². The summed E-state index contributed by atoms with van der Waals surface area (Å²) in [7, 11) is 0. The lowest BCUT2D eigenvalue weighted by atomic mass is 10.1. The summed E-state index contributed by atoms with van der Waals surface area (Å²) < 4.78 is 0. The summed E-state index contributed by atoms with van der Waals surface area (Å²) in [6.07, 6.45) is 2.74. The molecule has 1 rings (SSSR count). The van der Waals surface area contributed by atoms with Gasteiger partial charge in [0.1, 0.15) is 6.04 Å². The van der Waals surface area contributed by atoms with Gasteiger partial charge < -0.3 is 16.2 Å². The van der Waals surface area contributed by atoms with Gasteiger partial charge in [-0.2, -0.15) is 0 Å². The topological polar surface area (TPSA) is 75.3 Å². The molecular weight excluding hydrogens is 144 g/mol. The van der Waals surface area contributed by atoms with Gasteiger partial charge in [0.15, 0.2) is 0 Å². The molecular formula is C7H14N2O2. The fourth-order valence-corrected chi connectivity index (χ4v) is 1.37. The molecule has 0 spiro atoms. The number of carboxylic acid groups (broad SMARTS) is 1. The van der Waals surface area contributed by atoms with Gasteiger partial charge in [0, 0.05) is 6.04 Å². The number of aliphatic carboxylic acids is 1. The average Bonchev–Trinajstić information content (AvgIpc) is 2.39. The molecule has 0 amide bonds. The van der Waals surface area contributed by atoms with Gasteiger partial charge in [-0.25, -0.2) is 0 Å². The van der Waals surface area contributed by atoms with Crippen molar-refractivity contribution in [3.05, 3.63) is 0 Å². The molecule has 1 fully saturated rings. The van der Waals surface area contributed by atoms with Gasteiger partial charge in [0.05, 0.1) is 0 Å². The van der Waals surface area contributed by atoms with Crippen molar-refractivity contribution in [2.75, 3.05) is 6.54 Å². The maximum atomic E-state index is 10.3. The number of nitrogens with one attached hydrogen (secondary N) is 1. The van der Waals surface area contributed by atoms with E-state index >= 15 is 0 Å². The van der Waals surface area contributed by atoms with Gasteiger partial charge in [-0.05, 0) is 25.8 Å². The van der Waals surface area contributed by atoms with Crippen LogP contribution in [0.25, 0.3) is 0 Å². The van der Waals surface area contributed by atoms with Crippen LogP contribution in [0.1, 0.15) is 19.3 Å². The zero-order valence-electron chi connectivity index (χ0n) is 6.42. The molecule has 1 heterocycles. The molecule has 2 atom stereocenters. The van der Waals surface area contributed by atoms with Gasteiger partial charge >= 0.3 is 5.97 Å². The van der Waals surface area contributed by atoms with E-state index in [1.54, 1.807) is 0 Å². The zero-order chi connectivity index (χ0) is 8.27. The summed E-state index contributed by atoms with van der Waals surface area (Å²) >= 11 is 0. The summed E-state index contributed by atoms with van der Waals surface area (Å²) in [5, 5.41) is 11.7. The third-order valence-electron chi connectivity index (χ3n) is 2.02. The Morgan fingerprint density at radius 3 is 3.00 bits per heavy atom. The van der Waals surface area contributed by atoms with Crippen molar-refractivity contribution in [1.29, 1.82) is 0 Å². The molecule has 0 radical (unpaired) electrons. The molecule has 4 nitrogen and oxygen atoms in total. The van der Waals surface area contributed by atoms with Gasteiger partial charge in [0.2, 0.25) is 0 Å². The molecule has 1 aliphatic rings. The molecule has 0 aromatic heterocycles. The summed E-state index contributed by atoms with van der Waals surface area (Å²) in [6, 6.07) is -0.383. The van der Waals surface area contributed by atoms with Crippen LogP contribution < -0.4 is 11.1 Å². The average molecular weight is 158 g/mol. The van der Waals surface area contributed by atoms with Crippen LogP contribution >= 0.6 is 0 Å². The number of hydrogen-bond donors (Lipinski definition) is 3. The Morgan fingerprint density at radius 1 is 1.82 bits per heavy atom. The minimum Gasteiger partial charge on any atom is -0.480 e. The van der Waals surface area contributed by atoms with Crippen molar-refractivity contribution in [2.24, 2.45) is 5.73 Å². The molecule has 0 aromatic rings.